The number of amides is 1. The molecule has 0 fully saturated rings. The number of hydrogen-bond donors (Lipinski definition) is 1. The van der Waals surface area contributed by atoms with Crippen LogP contribution >= 0.6 is 0 Å². The summed E-state index contributed by atoms with van der Waals surface area (Å²) in [7, 11) is 0. The third kappa shape index (κ3) is 3.42. The van der Waals surface area contributed by atoms with E-state index in [1.165, 1.54) is 6.26 Å². The molecular formula is C17H16N2O4. The van der Waals surface area contributed by atoms with E-state index in [9.17, 15) is 4.79 Å². The highest BCUT2D eigenvalue weighted by Gasteiger charge is 2.12. The van der Waals surface area contributed by atoms with E-state index in [-0.39, 0.29) is 12.7 Å². The Morgan fingerprint density at radius 3 is 2.87 bits per heavy atom. The number of furan rings is 1. The maximum absolute atomic E-state index is 11.9. The standard InChI is InChI=1S/C17H16N2O4/c1-11(18-19-17(20)14-7-8-21-12(14)2)3-4-13-5-6-15-16(9-13)23-10-22-15/h3-9H,10H2,1-2H3,(H,19,20)/b4-3-,18-11?. The number of aryl methyl sites for hydroxylation is 1. The molecule has 1 aliphatic heterocycles. The summed E-state index contributed by atoms with van der Waals surface area (Å²) in [5.41, 5.74) is 4.59. The molecule has 2 aromatic rings. The van der Waals surface area contributed by atoms with E-state index in [0.29, 0.717) is 17.0 Å². The molecule has 0 unspecified atom stereocenters. The number of nitrogens with zero attached hydrogens (tertiary/aromatic N) is 1. The van der Waals surface area contributed by atoms with Crippen LogP contribution in [0.15, 0.2) is 46.1 Å². The zero-order valence-corrected chi connectivity index (χ0v) is 12.8. The van der Waals surface area contributed by atoms with Crippen LogP contribution in [-0.4, -0.2) is 18.4 Å². The predicted octanol–water partition coefficient (Wildman–Crippen LogP) is 3.14. The Kier molecular flexibility index (Phi) is 4.14. The second-order valence-corrected chi connectivity index (χ2v) is 5.03. The van der Waals surface area contributed by atoms with Gasteiger partial charge in [-0.1, -0.05) is 12.1 Å². The number of hydrazone groups is 1. The minimum atomic E-state index is -0.299. The summed E-state index contributed by atoms with van der Waals surface area (Å²) in [5, 5.41) is 4.04. The molecule has 0 saturated heterocycles. The average Bonchev–Trinajstić information content (AvgIpc) is 3.18. The van der Waals surface area contributed by atoms with Crippen molar-refractivity contribution in [1.29, 1.82) is 0 Å². The van der Waals surface area contributed by atoms with E-state index < -0.39 is 0 Å². The van der Waals surface area contributed by atoms with Gasteiger partial charge in [-0.05, 0) is 43.7 Å². The summed E-state index contributed by atoms with van der Waals surface area (Å²) in [4.78, 5) is 11.9. The van der Waals surface area contributed by atoms with Crippen LogP contribution < -0.4 is 14.9 Å². The van der Waals surface area contributed by atoms with Gasteiger partial charge in [0.15, 0.2) is 11.5 Å². The third-order valence-electron chi connectivity index (χ3n) is 3.35. The highest BCUT2D eigenvalue weighted by molar-refractivity contribution is 5.99. The maximum atomic E-state index is 11.9. The number of nitrogens with one attached hydrogen (secondary N) is 1. The SMILES string of the molecule is CC(/C=C\c1ccc2c(c1)OCO2)=NNC(=O)c1ccoc1C. The fraction of sp³-hybridized carbons (Fsp3) is 0.176. The van der Waals surface area contributed by atoms with Crippen molar-refractivity contribution in [3.63, 3.8) is 0 Å². The summed E-state index contributed by atoms with van der Waals surface area (Å²) in [6.45, 7) is 3.78. The lowest BCUT2D eigenvalue weighted by Gasteiger charge is -1.99. The van der Waals surface area contributed by atoms with Crippen molar-refractivity contribution < 1.29 is 18.7 Å². The van der Waals surface area contributed by atoms with Gasteiger partial charge in [0.05, 0.1) is 17.5 Å². The van der Waals surface area contributed by atoms with Crippen molar-refractivity contribution >= 4 is 17.7 Å². The molecule has 1 aromatic carbocycles. The van der Waals surface area contributed by atoms with Crippen LogP contribution in [0.1, 0.15) is 28.6 Å². The highest BCUT2D eigenvalue weighted by Crippen LogP contribution is 2.32. The van der Waals surface area contributed by atoms with E-state index in [4.69, 9.17) is 13.9 Å². The second kappa shape index (κ2) is 6.39. The Labute approximate surface area is 133 Å². The van der Waals surface area contributed by atoms with Crippen molar-refractivity contribution in [3.05, 3.63) is 53.5 Å². The van der Waals surface area contributed by atoms with Gasteiger partial charge in [0.25, 0.3) is 5.91 Å². The van der Waals surface area contributed by atoms with Crippen LogP contribution in [0, 0.1) is 6.92 Å². The third-order valence-corrected chi connectivity index (χ3v) is 3.35. The molecule has 6 nitrogen and oxygen atoms in total. The number of carbonyl (C=O) groups is 1. The van der Waals surface area contributed by atoms with Gasteiger partial charge < -0.3 is 13.9 Å². The van der Waals surface area contributed by atoms with Crippen LogP contribution in [0.5, 0.6) is 11.5 Å². The summed E-state index contributed by atoms with van der Waals surface area (Å²) in [6, 6.07) is 7.28. The minimum Gasteiger partial charge on any atom is -0.469 e. The Hall–Kier alpha value is -3.02. The molecule has 0 aliphatic carbocycles. The molecular weight excluding hydrogens is 296 g/mol. The van der Waals surface area contributed by atoms with E-state index in [2.05, 4.69) is 10.5 Å². The normalized spacial score (nSPS) is 13.6. The number of benzene rings is 1. The van der Waals surface area contributed by atoms with Crippen LogP contribution in [0.4, 0.5) is 0 Å². The van der Waals surface area contributed by atoms with Crippen LogP contribution in [0.2, 0.25) is 0 Å². The zero-order chi connectivity index (χ0) is 16.2. The topological polar surface area (TPSA) is 73.1 Å². The first-order chi connectivity index (χ1) is 11.1. The van der Waals surface area contributed by atoms with E-state index >= 15 is 0 Å². The predicted molar refractivity (Wildman–Crippen MR) is 85.6 cm³/mol. The van der Waals surface area contributed by atoms with E-state index in [1.54, 1.807) is 26.0 Å². The lowest BCUT2D eigenvalue weighted by atomic mass is 10.2. The largest absolute Gasteiger partial charge is 0.469 e. The molecule has 0 spiro atoms. The van der Waals surface area contributed by atoms with Gasteiger partial charge >= 0.3 is 0 Å². The summed E-state index contributed by atoms with van der Waals surface area (Å²) in [5.74, 6) is 1.74. The highest BCUT2D eigenvalue weighted by atomic mass is 16.7. The molecule has 1 aromatic heterocycles. The van der Waals surface area contributed by atoms with Crippen molar-refractivity contribution in [2.24, 2.45) is 5.10 Å². The monoisotopic (exact) mass is 312 g/mol. The first-order valence-electron chi connectivity index (χ1n) is 7.10. The first kappa shape index (κ1) is 14.9. The minimum absolute atomic E-state index is 0.252. The summed E-state index contributed by atoms with van der Waals surface area (Å²) in [6.07, 6.45) is 5.16. The van der Waals surface area contributed by atoms with Crippen LogP contribution in [0.25, 0.3) is 6.08 Å². The molecule has 0 radical (unpaired) electrons. The lowest BCUT2D eigenvalue weighted by Crippen LogP contribution is -2.18. The summed E-state index contributed by atoms with van der Waals surface area (Å²) < 4.78 is 15.7. The van der Waals surface area contributed by atoms with Gasteiger partial charge in [-0.3, -0.25) is 4.79 Å². The molecule has 1 N–H and O–H groups in total. The van der Waals surface area contributed by atoms with Gasteiger partial charge in [0.1, 0.15) is 5.76 Å². The maximum Gasteiger partial charge on any atom is 0.274 e. The lowest BCUT2D eigenvalue weighted by molar-refractivity contribution is 0.0953. The molecule has 1 amide bonds. The molecule has 6 heteroatoms. The molecule has 0 saturated carbocycles. The van der Waals surface area contributed by atoms with Crippen molar-refractivity contribution in [2.45, 2.75) is 13.8 Å². The fourth-order valence-corrected chi connectivity index (χ4v) is 2.09. The molecule has 23 heavy (non-hydrogen) atoms. The van der Waals surface area contributed by atoms with Gasteiger partial charge in [0, 0.05) is 0 Å². The number of allylic oxidation sites excluding steroid dienone is 1. The summed E-state index contributed by atoms with van der Waals surface area (Å²) >= 11 is 0. The number of rotatable bonds is 4. The van der Waals surface area contributed by atoms with Crippen molar-refractivity contribution in [3.8, 4) is 11.5 Å². The molecule has 0 atom stereocenters. The Morgan fingerprint density at radius 1 is 1.26 bits per heavy atom. The number of fused-ring (bicyclic) bond motifs is 1. The molecule has 0 bridgehead atoms. The Bertz CT molecular complexity index is 790. The number of carbonyl (C=O) groups excluding carboxylic acids is 1. The van der Waals surface area contributed by atoms with E-state index in [1.807, 2.05) is 24.3 Å². The van der Waals surface area contributed by atoms with Crippen LogP contribution in [0.3, 0.4) is 0 Å². The van der Waals surface area contributed by atoms with E-state index in [0.717, 1.165) is 17.1 Å². The van der Waals surface area contributed by atoms with Gasteiger partial charge in [0.2, 0.25) is 6.79 Å². The molecule has 2 heterocycles. The number of ether oxygens (including phenoxy) is 2. The van der Waals surface area contributed by atoms with Gasteiger partial charge in [-0.25, -0.2) is 5.43 Å². The van der Waals surface area contributed by atoms with Gasteiger partial charge in [-0.15, -0.1) is 0 Å². The first-order valence-corrected chi connectivity index (χ1v) is 7.10. The average molecular weight is 312 g/mol. The smallest absolute Gasteiger partial charge is 0.274 e. The molecule has 3 rings (SSSR count). The zero-order valence-electron chi connectivity index (χ0n) is 12.8. The Balaban J connectivity index is 1.63. The molecule has 1 aliphatic rings. The van der Waals surface area contributed by atoms with Crippen molar-refractivity contribution in [2.75, 3.05) is 6.79 Å². The quantitative estimate of drug-likeness (QED) is 0.695. The Morgan fingerprint density at radius 2 is 2.09 bits per heavy atom. The van der Waals surface area contributed by atoms with Gasteiger partial charge in [-0.2, -0.15) is 5.10 Å². The molecule has 118 valence electrons. The van der Waals surface area contributed by atoms with Crippen molar-refractivity contribution in [1.82, 2.24) is 5.43 Å². The fourth-order valence-electron chi connectivity index (χ4n) is 2.09. The second-order valence-electron chi connectivity index (χ2n) is 5.03. The van der Waals surface area contributed by atoms with Crippen LogP contribution in [-0.2, 0) is 0 Å². The number of hydrogen-bond acceptors (Lipinski definition) is 5.